The summed E-state index contributed by atoms with van der Waals surface area (Å²) in [7, 11) is 1.44. The number of methoxy groups -OCH3 is 1. The second-order valence-corrected chi connectivity index (χ2v) is 4.98. The molecule has 0 aromatic heterocycles. The number of hydrogen-bond donors (Lipinski definition) is 0. The summed E-state index contributed by atoms with van der Waals surface area (Å²) in [5, 5.41) is 0. The van der Waals surface area contributed by atoms with Gasteiger partial charge in [-0.3, -0.25) is 4.90 Å². The van der Waals surface area contributed by atoms with Crippen molar-refractivity contribution in [2.75, 3.05) is 26.8 Å². The van der Waals surface area contributed by atoms with Gasteiger partial charge in [0, 0.05) is 24.7 Å². The van der Waals surface area contributed by atoms with Crippen molar-refractivity contribution >= 4 is 5.97 Å². The Labute approximate surface area is 109 Å². The van der Waals surface area contributed by atoms with E-state index in [1.54, 1.807) is 0 Å². The first kappa shape index (κ1) is 13.6. The number of ether oxygens (including phenoxy) is 2. The highest BCUT2D eigenvalue weighted by Gasteiger charge is 2.35. The third kappa shape index (κ3) is 2.93. The van der Waals surface area contributed by atoms with Crippen LogP contribution in [0.2, 0.25) is 0 Å². The maximum Gasteiger partial charge on any atom is 0.333 e. The van der Waals surface area contributed by atoms with E-state index in [1.807, 2.05) is 13.0 Å². The molecule has 4 nitrogen and oxygen atoms in total. The van der Waals surface area contributed by atoms with Crippen molar-refractivity contribution in [1.82, 2.24) is 4.90 Å². The Kier molecular flexibility index (Phi) is 4.78. The minimum atomic E-state index is -0.200. The molecule has 0 radical (unpaired) electrons. The average molecular weight is 253 g/mol. The molecule has 2 fully saturated rings. The summed E-state index contributed by atoms with van der Waals surface area (Å²) in [6, 6.07) is 0.547. The lowest BCUT2D eigenvalue weighted by Gasteiger charge is -2.37. The van der Waals surface area contributed by atoms with Gasteiger partial charge in [-0.2, -0.15) is 0 Å². The van der Waals surface area contributed by atoms with Crippen LogP contribution in [0.15, 0.2) is 11.6 Å². The minimum absolute atomic E-state index is 0.200. The molecule has 0 bridgehead atoms. The second-order valence-electron chi connectivity index (χ2n) is 4.98. The number of carbonyl (C=O) groups excluding carboxylic acids is 1. The van der Waals surface area contributed by atoms with Gasteiger partial charge in [0.25, 0.3) is 0 Å². The van der Waals surface area contributed by atoms with Crippen LogP contribution in [0.1, 0.15) is 32.6 Å². The number of fused-ring (bicyclic) bond motifs is 1. The van der Waals surface area contributed by atoms with Crippen molar-refractivity contribution in [2.45, 2.75) is 44.8 Å². The van der Waals surface area contributed by atoms with Gasteiger partial charge in [-0.1, -0.05) is 13.0 Å². The van der Waals surface area contributed by atoms with Crippen LogP contribution in [-0.2, 0) is 14.3 Å². The predicted octanol–water partition coefficient (Wildman–Crippen LogP) is 1.75. The summed E-state index contributed by atoms with van der Waals surface area (Å²) in [6.45, 7) is 4.60. The smallest absolute Gasteiger partial charge is 0.333 e. The molecule has 4 heteroatoms. The first-order chi connectivity index (χ1) is 8.76. The van der Waals surface area contributed by atoms with E-state index in [2.05, 4.69) is 4.90 Å². The highest BCUT2D eigenvalue weighted by atomic mass is 16.5. The van der Waals surface area contributed by atoms with E-state index in [0.29, 0.717) is 12.1 Å². The fourth-order valence-corrected chi connectivity index (χ4v) is 2.96. The minimum Gasteiger partial charge on any atom is -0.466 e. The standard InChI is InChI=1S/C14H23NO3/c1-3-11(14(16)17-2)7-8-15-9-10-18-13-6-4-5-12(13)15/h7,12-13H,3-6,8-10H2,1-2H3. The van der Waals surface area contributed by atoms with Gasteiger partial charge in [-0.15, -0.1) is 0 Å². The molecule has 1 saturated carbocycles. The van der Waals surface area contributed by atoms with Crippen molar-refractivity contribution in [3.8, 4) is 0 Å². The van der Waals surface area contributed by atoms with Crippen molar-refractivity contribution < 1.29 is 14.3 Å². The van der Waals surface area contributed by atoms with Crippen LogP contribution in [0.5, 0.6) is 0 Å². The fraction of sp³-hybridized carbons (Fsp3) is 0.786. The van der Waals surface area contributed by atoms with Gasteiger partial charge in [0.05, 0.1) is 19.8 Å². The third-order valence-corrected chi connectivity index (χ3v) is 4.00. The van der Waals surface area contributed by atoms with Crippen LogP contribution in [0.25, 0.3) is 0 Å². The summed E-state index contributed by atoms with van der Waals surface area (Å²) in [5.41, 5.74) is 0.776. The maximum absolute atomic E-state index is 11.5. The van der Waals surface area contributed by atoms with Gasteiger partial charge >= 0.3 is 5.97 Å². The summed E-state index contributed by atoms with van der Waals surface area (Å²) in [6.07, 6.45) is 6.82. The van der Waals surface area contributed by atoms with Crippen LogP contribution in [0.4, 0.5) is 0 Å². The molecule has 1 aliphatic carbocycles. The monoisotopic (exact) mass is 253 g/mol. The number of morpholine rings is 1. The Bertz CT molecular complexity index is 327. The van der Waals surface area contributed by atoms with E-state index in [1.165, 1.54) is 26.4 Å². The summed E-state index contributed by atoms with van der Waals surface area (Å²) >= 11 is 0. The lowest BCUT2D eigenvalue weighted by atomic mass is 10.1. The summed E-state index contributed by atoms with van der Waals surface area (Å²) in [5.74, 6) is -0.200. The van der Waals surface area contributed by atoms with E-state index in [0.717, 1.165) is 31.7 Å². The van der Waals surface area contributed by atoms with Crippen LogP contribution >= 0.6 is 0 Å². The van der Waals surface area contributed by atoms with Crippen LogP contribution in [0, 0.1) is 0 Å². The number of carbonyl (C=O) groups is 1. The van der Waals surface area contributed by atoms with Crippen LogP contribution < -0.4 is 0 Å². The lowest BCUT2D eigenvalue weighted by Crippen LogP contribution is -2.48. The molecule has 0 amide bonds. The van der Waals surface area contributed by atoms with Crippen molar-refractivity contribution in [3.63, 3.8) is 0 Å². The number of rotatable bonds is 4. The van der Waals surface area contributed by atoms with Crippen LogP contribution in [-0.4, -0.2) is 49.8 Å². The molecular weight excluding hydrogens is 230 g/mol. The molecule has 0 aromatic rings. The summed E-state index contributed by atoms with van der Waals surface area (Å²) < 4.78 is 10.6. The molecule has 2 atom stereocenters. The zero-order valence-corrected chi connectivity index (χ0v) is 11.4. The SMILES string of the molecule is CCC(=CCN1CCOC2CCCC21)C(=O)OC. The van der Waals surface area contributed by atoms with E-state index in [-0.39, 0.29) is 5.97 Å². The van der Waals surface area contributed by atoms with Gasteiger partial charge in [-0.25, -0.2) is 4.79 Å². The molecule has 2 aliphatic rings. The quantitative estimate of drug-likeness (QED) is 0.565. The largest absolute Gasteiger partial charge is 0.466 e. The molecular formula is C14H23NO3. The topological polar surface area (TPSA) is 38.8 Å². The predicted molar refractivity (Wildman–Crippen MR) is 69.3 cm³/mol. The van der Waals surface area contributed by atoms with Gasteiger partial charge in [0.15, 0.2) is 0 Å². The molecule has 1 aliphatic heterocycles. The Morgan fingerprint density at radius 2 is 2.33 bits per heavy atom. The second kappa shape index (κ2) is 6.34. The normalized spacial score (nSPS) is 29.1. The lowest BCUT2D eigenvalue weighted by molar-refractivity contribution is -0.136. The van der Waals surface area contributed by atoms with E-state index in [9.17, 15) is 4.79 Å². The van der Waals surface area contributed by atoms with E-state index >= 15 is 0 Å². The van der Waals surface area contributed by atoms with Crippen molar-refractivity contribution in [1.29, 1.82) is 0 Å². The first-order valence-corrected chi connectivity index (χ1v) is 6.89. The number of hydrogen-bond acceptors (Lipinski definition) is 4. The van der Waals surface area contributed by atoms with Gasteiger partial charge < -0.3 is 9.47 Å². The zero-order valence-electron chi connectivity index (χ0n) is 11.4. The number of esters is 1. The molecule has 2 unspecified atom stereocenters. The molecule has 102 valence electrons. The fourth-order valence-electron chi connectivity index (χ4n) is 2.96. The van der Waals surface area contributed by atoms with E-state index < -0.39 is 0 Å². The van der Waals surface area contributed by atoms with Crippen LogP contribution in [0.3, 0.4) is 0 Å². The molecule has 0 spiro atoms. The Morgan fingerprint density at radius 1 is 1.50 bits per heavy atom. The molecule has 0 N–H and O–H groups in total. The van der Waals surface area contributed by atoms with Gasteiger partial charge in [0.2, 0.25) is 0 Å². The third-order valence-electron chi connectivity index (χ3n) is 4.00. The summed E-state index contributed by atoms with van der Waals surface area (Å²) in [4.78, 5) is 14.0. The van der Waals surface area contributed by atoms with E-state index in [4.69, 9.17) is 9.47 Å². The number of nitrogens with zero attached hydrogens (tertiary/aromatic N) is 1. The Balaban J connectivity index is 1.95. The molecule has 1 heterocycles. The Morgan fingerprint density at radius 3 is 3.06 bits per heavy atom. The highest BCUT2D eigenvalue weighted by molar-refractivity contribution is 5.88. The highest BCUT2D eigenvalue weighted by Crippen LogP contribution is 2.29. The zero-order chi connectivity index (χ0) is 13.0. The molecule has 18 heavy (non-hydrogen) atoms. The maximum atomic E-state index is 11.5. The van der Waals surface area contributed by atoms with Gasteiger partial charge in [0.1, 0.15) is 0 Å². The Hall–Kier alpha value is -0.870. The van der Waals surface area contributed by atoms with Crippen molar-refractivity contribution in [2.24, 2.45) is 0 Å². The molecule has 1 saturated heterocycles. The van der Waals surface area contributed by atoms with Gasteiger partial charge in [-0.05, 0) is 25.7 Å². The van der Waals surface area contributed by atoms with Crippen molar-refractivity contribution in [3.05, 3.63) is 11.6 Å². The first-order valence-electron chi connectivity index (χ1n) is 6.89. The molecule has 0 aromatic carbocycles. The molecule has 2 rings (SSSR count). The average Bonchev–Trinajstić information content (AvgIpc) is 2.88.